The third kappa shape index (κ3) is 17.9. The van der Waals surface area contributed by atoms with Crippen LogP contribution >= 0.6 is 57.1 Å². The van der Waals surface area contributed by atoms with Gasteiger partial charge in [-0.1, -0.05) is 319 Å². The molecular weight excluding hydrogens is 1610 g/mol. The number of hydrogen-bond acceptors (Lipinski definition) is 12. The highest BCUT2D eigenvalue weighted by Crippen LogP contribution is 2.67. The maximum atomic E-state index is 16.4. The number of imide groups is 2. The monoisotopic (exact) mass is 1740 g/mol. The van der Waals surface area contributed by atoms with Crippen LogP contribution in [0.5, 0.6) is 5.75 Å². The SMILES string of the molecule is CCCCCCCCOc1c(C)c(-c2sc(-c3cc4c(s3)-c3cc5c(cc3C4(c3ccc(CCCCCC)cc3)c3ccc(CCCCCC)cc3)-c3sc(C)cc3C5(c3ccc(CCCCCC)cc3)c3ccc(CCCCCC)cc3)c3c2C(=O)N(CCCCCCCC)C3=O)c2nsnc2c1-c1sc(C)c2c1C(=O)N(CCCCCCCC)C2=O. The van der Waals surface area contributed by atoms with Crippen LogP contribution in [-0.4, -0.2) is 61.9 Å². The molecule has 0 atom stereocenters. The summed E-state index contributed by atoms with van der Waals surface area (Å²) in [5, 5.41) is 0. The van der Waals surface area contributed by atoms with E-state index in [1.165, 1.54) is 223 Å². The van der Waals surface area contributed by atoms with Crippen molar-refractivity contribution in [3.05, 3.63) is 226 Å². The third-order valence-electron chi connectivity index (χ3n) is 27.3. The first-order valence-corrected chi connectivity index (χ1v) is 52.0. The van der Waals surface area contributed by atoms with E-state index >= 15 is 14.4 Å². The normalized spacial score (nSPS) is 14.1. The van der Waals surface area contributed by atoms with Gasteiger partial charge in [-0.2, -0.15) is 8.75 Å². The smallest absolute Gasteiger partial charge is 0.263 e. The van der Waals surface area contributed by atoms with Gasteiger partial charge in [0.2, 0.25) is 0 Å². The van der Waals surface area contributed by atoms with Crippen molar-refractivity contribution in [2.75, 3.05) is 19.7 Å². The van der Waals surface area contributed by atoms with Crippen LogP contribution in [0.3, 0.4) is 0 Å². The van der Waals surface area contributed by atoms with Crippen LogP contribution in [0, 0.1) is 20.8 Å². The molecule has 4 amide bonds. The summed E-state index contributed by atoms with van der Waals surface area (Å²) < 4.78 is 17.8. The lowest BCUT2D eigenvalue weighted by Gasteiger charge is -2.35. The molecule has 5 aromatic heterocycles. The summed E-state index contributed by atoms with van der Waals surface area (Å²) in [6.45, 7) is 23.3. The number of aromatic nitrogens is 2. The van der Waals surface area contributed by atoms with Gasteiger partial charge in [0.15, 0.2) is 0 Å². The Morgan fingerprint density at radius 3 is 1.08 bits per heavy atom. The van der Waals surface area contributed by atoms with E-state index in [-0.39, 0.29) is 23.6 Å². The fourth-order valence-electron chi connectivity index (χ4n) is 20.6. The fraction of sp³-hybridized carbons (Fsp3) is 0.486. The molecule has 0 bridgehead atoms. The summed E-state index contributed by atoms with van der Waals surface area (Å²) in [5.74, 6) is -0.480. The highest BCUT2D eigenvalue weighted by atomic mass is 32.1. The lowest BCUT2D eigenvalue weighted by atomic mass is 9.65. The third-order valence-corrected chi connectivity index (χ3v) is 32.6. The minimum absolute atomic E-state index is 0.237. The summed E-state index contributed by atoms with van der Waals surface area (Å²) in [5.41, 5.74) is 21.4. The van der Waals surface area contributed by atoms with E-state index in [1.54, 1.807) is 16.2 Å². The molecule has 0 fully saturated rings. The Labute approximate surface area is 755 Å². The van der Waals surface area contributed by atoms with Crippen molar-refractivity contribution in [2.24, 2.45) is 0 Å². The number of unbranched alkanes of at least 4 members (excludes halogenated alkanes) is 27. The predicted octanol–water partition coefficient (Wildman–Crippen LogP) is 31.7. The first-order valence-electron chi connectivity index (χ1n) is 48.0. The molecule has 123 heavy (non-hydrogen) atoms. The van der Waals surface area contributed by atoms with Crippen molar-refractivity contribution >= 4 is 91.7 Å². The number of fused-ring (bicyclic) bond motifs is 9. The zero-order chi connectivity index (χ0) is 85.7. The Bertz CT molecular complexity index is 5380. The van der Waals surface area contributed by atoms with Crippen molar-refractivity contribution in [1.29, 1.82) is 0 Å². The van der Waals surface area contributed by atoms with Gasteiger partial charge in [0, 0.05) is 48.6 Å². The number of carbonyl (C=O) groups excluding carboxylic acids is 4. The van der Waals surface area contributed by atoms with Crippen molar-refractivity contribution in [1.82, 2.24) is 18.5 Å². The molecule has 9 nitrogen and oxygen atoms in total. The van der Waals surface area contributed by atoms with Crippen LogP contribution in [0.25, 0.3) is 62.6 Å². The Hall–Kier alpha value is -7.98. The molecule has 14 heteroatoms. The standard InChI is InChI=1S/C109H132N4O5S5/c1-11-18-25-32-35-42-65-112-104(114)91-74(10)120-103(92(91)105(112)115)95-97-96(110-123-111-97)90(73(9)98(95)118-67-44-37-34-27-20-13-3)102-94-93(106(116)113(107(94)117)66-43-36-33-26-19-12-2)101(122-102)89-71-88-100(121-89)84-70-85-83(69-86(84)109(88,81-61-53-77(54-62-81)47-40-30-23-16-6)82-63-55-78(56-64-82)48-41-31-24-17-7)99-87(68-72(8)119-99)108(85,79-57-49-75(50-58-79)45-38-28-21-14-4)80-59-51-76(52-60-80)46-39-29-22-15-5/h49-64,68-71H,11-48,65-67H2,1-10H3. The fourth-order valence-corrected chi connectivity index (χ4v) is 26.2. The number of rotatable bonds is 49. The van der Waals surface area contributed by atoms with Gasteiger partial charge in [0.1, 0.15) is 16.8 Å². The maximum absolute atomic E-state index is 16.4. The summed E-state index contributed by atoms with van der Waals surface area (Å²) in [4.78, 5) is 73.3. The second-order valence-corrected chi connectivity index (χ2v) is 41.1. The Morgan fingerprint density at radius 1 is 0.317 bits per heavy atom. The van der Waals surface area contributed by atoms with Crippen molar-refractivity contribution < 1.29 is 23.9 Å². The Balaban J connectivity index is 0.969. The molecule has 15 rings (SSSR count). The first kappa shape index (κ1) is 89.8. The average molecular weight is 1740 g/mol. The number of amides is 4. The van der Waals surface area contributed by atoms with Crippen molar-refractivity contribution in [2.45, 2.75) is 324 Å². The largest absolute Gasteiger partial charge is 0.493 e. The van der Waals surface area contributed by atoms with Crippen LogP contribution in [0.2, 0.25) is 0 Å². The van der Waals surface area contributed by atoms with Gasteiger partial charge < -0.3 is 4.74 Å². The number of benzene rings is 6. The molecule has 0 saturated heterocycles. The van der Waals surface area contributed by atoms with E-state index in [1.807, 2.05) is 18.3 Å². The molecule has 11 aromatic rings. The molecule has 0 unspecified atom stereocenters. The predicted molar refractivity (Wildman–Crippen MR) is 522 cm³/mol. The van der Waals surface area contributed by atoms with Gasteiger partial charge in [-0.15, -0.1) is 45.3 Å². The number of hydrogen-bond donors (Lipinski definition) is 0. The van der Waals surface area contributed by atoms with Crippen molar-refractivity contribution in [3.8, 4) is 57.3 Å². The van der Waals surface area contributed by atoms with Crippen LogP contribution in [0.15, 0.2) is 121 Å². The summed E-state index contributed by atoms with van der Waals surface area (Å²) in [7, 11) is 0. The summed E-state index contributed by atoms with van der Waals surface area (Å²) in [6.07, 6.45) is 42.1. The first-order chi connectivity index (χ1) is 60.2. The topological polar surface area (TPSA) is 110 Å². The number of nitrogens with zero attached hydrogens (tertiary/aromatic N) is 4. The lowest BCUT2D eigenvalue weighted by molar-refractivity contribution is 0.0636. The van der Waals surface area contributed by atoms with Gasteiger partial charge in [0.05, 0.1) is 71.6 Å². The number of ether oxygens (including phenoxy) is 1. The number of carbonyl (C=O) groups is 4. The van der Waals surface area contributed by atoms with Gasteiger partial charge in [-0.25, -0.2) is 0 Å². The van der Waals surface area contributed by atoms with E-state index < -0.39 is 10.8 Å². The van der Waals surface area contributed by atoms with Crippen molar-refractivity contribution in [3.63, 3.8) is 0 Å². The number of thiophene rings is 4. The molecule has 4 aliphatic rings. The Morgan fingerprint density at radius 2 is 0.659 bits per heavy atom. The molecule has 648 valence electrons. The molecular formula is C109H132N4O5S5. The zero-order valence-electron chi connectivity index (χ0n) is 75.4. The molecule has 2 aliphatic carbocycles. The van der Waals surface area contributed by atoms with Gasteiger partial charge in [0.25, 0.3) is 23.6 Å². The highest BCUT2D eigenvalue weighted by Gasteiger charge is 2.54. The molecule has 7 heterocycles. The van der Waals surface area contributed by atoms with Gasteiger partial charge in [-0.05, 0) is 194 Å². The quantitative estimate of drug-likeness (QED) is 0.0276. The van der Waals surface area contributed by atoms with Gasteiger partial charge in [-0.3, -0.25) is 29.0 Å². The minimum Gasteiger partial charge on any atom is -0.493 e. The molecule has 0 N–H and O–H groups in total. The second-order valence-electron chi connectivity index (χ2n) is 36.0. The van der Waals surface area contributed by atoms with Crippen LogP contribution < -0.4 is 4.74 Å². The van der Waals surface area contributed by atoms with E-state index in [0.29, 0.717) is 86.0 Å². The molecule has 0 radical (unpaired) electrons. The molecule has 6 aromatic carbocycles. The summed E-state index contributed by atoms with van der Waals surface area (Å²) in [6, 6.07) is 49.4. The maximum Gasteiger partial charge on any atom is 0.263 e. The van der Waals surface area contributed by atoms with Crippen LogP contribution in [0.1, 0.15) is 390 Å². The minimum atomic E-state index is -0.843. The molecule has 2 aliphatic heterocycles. The van der Waals surface area contributed by atoms with E-state index in [0.717, 1.165) is 167 Å². The van der Waals surface area contributed by atoms with Crippen LogP contribution in [0.4, 0.5) is 0 Å². The van der Waals surface area contributed by atoms with E-state index in [9.17, 15) is 4.79 Å². The highest BCUT2D eigenvalue weighted by molar-refractivity contribution is 7.26. The van der Waals surface area contributed by atoms with Crippen LogP contribution in [-0.2, 0) is 36.5 Å². The second kappa shape index (κ2) is 41.6. The van der Waals surface area contributed by atoms with E-state index in [4.69, 9.17) is 13.5 Å². The Kier molecular flexibility index (Phi) is 30.4. The zero-order valence-corrected chi connectivity index (χ0v) is 79.5. The van der Waals surface area contributed by atoms with Gasteiger partial charge >= 0.3 is 0 Å². The molecule has 0 saturated carbocycles. The lowest BCUT2D eigenvalue weighted by Crippen LogP contribution is -2.31. The summed E-state index contributed by atoms with van der Waals surface area (Å²) >= 11 is 7.82. The van der Waals surface area contributed by atoms with E-state index in [2.05, 4.69) is 184 Å². The average Bonchev–Trinajstić information content (AvgIpc) is 1.50. The number of aryl methyl sites for hydroxylation is 6. The molecule has 0 spiro atoms.